The molecule has 0 rings (SSSR count). The van der Waals surface area contributed by atoms with Crippen LogP contribution in [0.2, 0.25) is 0 Å². The van der Waals surface area contributed by atoms with Gasteiger partial charge >= 0.3 is 0 Å². The topological polar surface area (TPSA) is 80.9 Å². The zero-order valence-corrected chi connectivity index (χ0v) is 6.91. The first kappa shape index (κ1) is 10.8. The third-order valence-electron chi connectivity index (χ3n) is 1.44. The van der Waals surface area contributed by atoms with Gasteiger partial charge in [0, 0.05) is 6.42 Å². The quantitative estimate of drug-likeness (QED) is 0.423. The normalized spacial score (nSPS) is 22.4. The smallest absolute Gasteiger partial charge is 0.0877 e. The molecule has 0 saturated heterocycles. The maximum atomic E-state index is 9.27. The monoisotopic (exact) mass is 164 g/mol. The first-order valence-electron chi connectivity index (χ1n) is 3.49. The van der Waals surface area contributed by atoms with E-state index in [-0.39, 0.29) is 6.42 Å². The highest BCUT2D eigenvalue weighted by atomic mass is 16.3. The summed E-state index contributed by atoms with van der Waals surface area (Å²) in [5.74, 6) is 0. The van der Waals surface area contributed by atoms with Crippen molar-refractivity contribution in [3.63, 3.8) is 0 Å². The standard InChI is InChI=1S/C7H16O4/c1-6(10,4-8)3-7(2,11)5-9/h8-11H,3-5H2,1-2H3/t6-,7-/m0/s1. The van der Waals surface area contributed by atoms with Crippen LogP contribution in [0.25, 0.3) is 0 Å². The fourth-order valence-electron chi connectivity index (χ4n) is 0.932. The molecule has 0 unspecified atom stereocenters. The molecule has 0 spiro atoms. The van der Waals surface area contributed by atoms with E-state index < -0.39 is 24.4 Å². The fraction of sp³-hybridized carbons (Fsp3) is 1.00. The summed E-state index contributed by atoms with van der Waals surface area (Å²) in [6.45, 7) is 1.95. The van der Waals surface area contributed by atoms with Gasteiger partial charge in [-0.15, -0.1) is 0 Å². The van der Waals surface area contributed by atoms with E-state index in [1.165, 1.54) is 13.8 Å². The van der Waals surface area contributed by atoms with Crippen molar-refractivity contribution in [3.8, 4) is 0 Å². The number of aliphatic hydroxyl groups excluding tert-OH is 2. The Hall–Kier alpha value is -0.160. The molecular formula is C7H16O4. The molecule has 0 aliphatic heterocycles. The van der Waals surface area contributed by atoms with Gasteiger partial charge in [-0.1, -0.05) is 0 Å². The Morgan fingerprint density at radius 3 is 1.36 bits per heavy atom. The Morgan fingerprint density at radius 1 is 0.909 bits per heavy atom. The minimum Gasteiger partial charge on any atom is -0.393 e. The van der Waals surface area contributed by atoms with E-state index in [0.717, 1.165) is 0 Å². The van der Waals surface area contributed by atoms with Crippen LogP contribution < -0.4 is 0 Å². The molecule has 0 aromatic rings. The summed E-state index contributed by atoms with van der Waals surface area (Å²) in [4.78, 5) is 0. The Kier molecular flexibility index (Phi) is 3.44. The number of hydrogen-bond acceptors (Lipinski definition) is 4. The highest BCUT2D eigenvalue weighted by Gasteiger charge is 2.31. The molecule has 0 bridgehead atoms. The molecule has 0 amide bonds. The summed E-state index contributed by atoms with van der Waals surface area (Å²) in [5.41, 5.74) is -2.65. The second kappa shape index (κ2) is 3.49. The van der Waals surface area contributed by atoms with Gasteiger partial charge in [0.05, 0.1) is 24.4 Å². The second-order valence-electron chi connectivity index (χ2n) is 3.49. The maximum absolute atomic E-state index is 9.27. The number of rotatable bonds is 4. The largest absolute Gasteiger partial charge is 0.393 e. The average molecular weight is 164 g/mol. The minimum absolute atomic E-state index is 0.0486. The first-order valence-corrected chi connectivity index (χ1v) is 3.49. The van der Waals surface area contributed by atoms with Crippen LogP contribution in [0.4, 0.5) is 0 Å². The lowest BCUT2D eigenvalue weighted by molar-refractivity contribution is -0.0894. The molecular weight excluding hydrogens is 148 g/mol. The van der Waals surface area contributed by atoms with Gasteiger partial charge in [0.2, 0.25) is 0 Å². The van der Waals surface area contributed by atoms with Crippen LogP contribution in [0.3, 0.4) is 0 Å². The van der Waals surface area contributed by atoms with Crippen LogP contribution in [0.5, 0.6) is 0 Å². The Balaban J connectivity index is 4.02. The molecule has 0 aromatic carbocycles. The van der Waals surface area contributed by atoms with E-state index in [1.54, 1.807) is 0 Å². The summed E-state index contributed by atoms with van der Waals surface area (Å²) < 4.78 is 0. The van der Waals surface area contributed by atoms with Crippen molar-refractivity contribution in [1.29, 1.82) is 0 Å². The third kappa shape index (κ3) is 4.31. The molecule has 0 radical (unpaired) electrons. The molecule has 4 heteroatoms. The molecule has 2 atom stereocenters. The van der Waals surface area contributed by atoms with E-state index in [9.17, 15) is 10.2 Å². The molecule has 68 valence electrons. The van der Waals surface area contributed by atoms with Crippen molar-refractivity contribution < 1.29 is 20.4 Å². The Bertz CT molecular complexity index is 106. The highest BCUT2D eigenvalue weighted by molar-refractivity contribution is 4.83. The maximum Gasteiger partial charge on any atom is 0.0877 e. The van der Waals surface area contributed by atoms with E-state index in [2.05, 4.69) is 0 Å². The van der Waals surface area contributed by atoms with Crippen LogP contribution >= 0.6 is 0 Å². The Morgan fingerprint density at radius 2 is 1.18 bits per heavy atom. The SMILES string of the molecule is C[C@@](O)(CO)C[C@](C)(O)CO. The van der Waals surface area contributed by atoms with Gasteiger partial charge in [-0.2, -0.15) is 0 Å². The van der Waals surface area contributed by atoms with Crippen LogP contribution in [-0.2, 0) is 0 Å². The van der Waals surface area contributed by atoms with Crippen molar-refractivity contribution in [1.82, 2.24) is 0 Å². The van der Waals surface area contributed by atoms with Gasteiger partial charge in [0.1, 0.15) is 0 Å². The van der Waals surface area contributed by atoms with Crippen LogP contribution in [0.15, 0.2) is 0 Å². The van der Waals surface area contributed by atoms with Gasteiger partial charge in [0.15, 0.2) is 0 Å². The lowest BCUT2D eigenvalue weighted by Gasteiger charge is -2.29. The molecule has 0 aliphatic rings. The lowest BCUT2D eigenvalue weighted by atomic mass is 9.91. The predicted molar refractivity (Wildman–Crippen MR) is 40.0 cm³/mol. The second-order valence-corrected chi connectivity index (χ2v) is 3.49. The molecule has 11 heavy (non-hydrogen) atoms. The molecule has 0 saturated carbocycles. The Labute approximate surface area is 66.1 Å². The molecule has 0 fully saturated rings. The third-order valence-corrected chi connectivity index (χ3v) is 1.44. The van der Waals surface area contributed by atoms with E-state index in [4.69, 9.17) is 10.2 Å². The molecule has 4 N–H and O–H groups in total. The predicted octanol–water partition coefficient (Wildman–Crippen LogP) is -1.14. The molecule has 0 aliphatic carbocycles. The first-order chi connectivity index (χ1) is 4.83. The van der Waals surface area contributed by atoms with Crippen molar-refractivity contribution in [2.45, 2.75) is 31.5 Å². The van der Waals surface area contributed by atoms with Crippen LogP contribution in [0.1, 0.15) is 20.3 Å². The molecule has 0 aromatic heterocycles. The lowest BCUT2D eigenvalue weighted by Crippen LogP contribution is -2.42. The molecule has 4 nitrogen and oxygen atoms in total. The summed E-state index contributed by atoms with van der Waals surface area (Å²) in [7, 11) is 0. The van der Waals surface area contributed by atoms with Crippen molar-refractivity contribution >= 4 is 0 Å². The fourth-order valence-corrected chi connectivity index (χ4v) is 0.932. The van der Waals surface area contributed by atoms with Crippen molar-refractivity contribution in [3.05, 3.63) is 0 Å². The van der Waals surface area contributed by atoms with Crippen LogP contribution in [-0.4, -0.2) is 44.8 Å². The van der Waals surface area contributed by atoms with Gasteiger partial charge in [-0.25, -0.2) is 0 Å². The summed E-state index contributed by atoms with van der Waals surface area (Å²) in [6, 6.07) is 0. The summed E-state index contributed by atoms with van der Waals surface area (Å²) in [5, 5.41) is 35.8. The number of hydrogen-bond donors (Lipinski definition) is 4. The van der Waals surface area contributed by atoms with E-state index >= 15 is 0 Å². The zero-order chi connectivity index (χ0) is 9.12. The minimum atomic E-state index is -1.33. The summed E-state index contributed by atoms with van der Waals surface area (Å²) >= 11 is 0. The van der Waals surface area contributed by atoms with Gasteiger partial charge in [0.25, 0.3) is 0 Å². The molecule has 0 heterocycles. The van der Waals surface area contributed by atoms with E-state index in [1.807, 2.05) is 0 Å². The van der Waals surface area contributed by atoms with Gasteiger partial charge in [-0.3, -0.25) is 0 Å². The van der Waals surface area contributed by atoms with Gasteiger partial charge in [-0.05, 0) is 13.8 Å². The average Bonchev–Trinajstić information content (AvgIpc) is 1.86. The summed E-state index contributed by atoms with van der Waals surface area (Å²) in [6.07, 6.45) is -0.0486. The van der Waals surface area contributed by atoms with E-state index in [0.29, 0.717) is 0 Å². The van der Waals surface area contributed by atoms with Crippen LogP contribution in [0, 0.1) is 0 Å². The van der Waals surface area contributed by atoms with Crippen molar-refractivity contribution in [2.24, 2.45) is 0 Å². The van der Waals surface area contributed by atoms with Gasteiger partial charge < -0.3 is 20.4 Å². The number of aliphatic hydroxyl groups is 4. The zero-order valence-electron chi connectivity index (χ0n) is 6.91. The van der Waals surface area contributed by atoms with Crippen molar-refractivity contribution in [2.75, 3.05) is 13.2 Å². The highest BCUT2D eigenvalue weighted by Crippen LogP contribution is 2.18.